The molecule has 0 amide bonds. The molecule has 3 rings (SSSR count). The van der Waals surface area contributed by atoms with E-state index in [0.29, 0.717) is 24.5 Å². The van der Waals surface area contributed by atoms with Crippen molar-refractivity contribution in [2.75, 3.05) is 5.32 Å². The molecule has 0 aliphatic rings. The van der Waals surface area contributed by atoms with Crippen LogP contribution in [0.2, 0.25) is 0 Å². The quantitative estimate of drug-likeness (QED) is 0.376. The first kappa shape index (κ1) is 22.4. The molecule has 0 spiro atoms. The lowest BCUT2D eigenvalue weighted by Crippen LogP contribution is -2.34. The zero-order chi connectivity index (χ0) is 22.2. The first-order chi connectivity index (χ1) is 15.0. The number of nitrogens with zero attached hydrogens (tertiary/aromatic N) is 1. The molecule has 0 bridgehead atoms. The number of aromatic nitrogens is 2. The van der Waals surface area contributed by atoms with Crippen molar-refractivity contribution in [2.45, 2.75) is 51.7 Å². The molecule has 0 fully saturated rings. The Morgan fingerprint density at radius 1 is 1.13 bits per heavy atom. The van der Waals surface area contributed by atoms with E-state index >= 15 is 0 Å². The number of benzene rings is 2. The van der Waals surface area contributed by atoms with Crippen LogP contribution in [0.4, 0.5) is 5.82 Å². The van der Waals surface area contributed by atoms with Gasteiger partial charge in [0.2, 0.25) is 0 Å². The number of nitrogens with one attached hydrogen (secondary N) is 3. The van der Waals surface area contributed by atoms with Crippen LogP contribution < -0.4 is 10.9 Å². The number of hydrogen-bond acceptors (Lipinski definition) is 5. The van der Waals surface area contributed by atoms with Crippen molar-refractivity contribution in [1.82, 2.24) is 9.97 Å². The molecule has 2 atom stereocenters. The van der Waals surface area contributed by atoms with Crippen LogP contribution in [0.1, 0.15) is 47.8 Å². The maximum absolute atomic E-state index is 12.5. The van der Waals surface area contributed by atoms with Crippen molar-refractivity contribution in [3.05, 3.63) is 93.0 Å². The fraction of sp³-hybridized carbons (Fsp3) is 0.320. The predicted octanol–water partition coefficient (Wildman–Crippen LogP) is 3.85. The Morgan fingerprint density at radius 3 is 2.48 bits per heavy atom. The van der Waals surface area contributed by atoms with Gasteiger partial charge in [-0.05, 0) is 44.2 Å². The molecule has 0 saturated heterocycles. The zero-order valence-corrected chi connectivity index (χ0v) is 18.1. The van der Waals surface area contributed by atoms with E-state index in [4.69, 9.17) is 5.41 Å². The highest BCUT2D eigenvalue weighted by molar-refractivity contribution is 5.83. The Hall–Kier alpha value is -3.25. The number of hydrogen-bond donors (Lipinski definition) is 4. The van der Waals surface area contributed by atoms with Crippen molar-refractivity contribution in [1.29, 1.82) is 5.41 Å². The van der Waals surface area contributed by atoms with Gasteiger partial charge in [0.25, 0.3) is 5.56 Å². The molecular weight excluding hydrogens is 388 g/mol. The molecule has 6 nitrogen and oxygen atoms in total. The molecule has 3 aromatic rings. The molecule has 31 heavy (non-hydrogen) atoms. The molecule has 2 unspecified atom stereocenters. The summed E-state index contributed by atoms with van der Waals surface area (Å²) in [5, 5.41) is 21.2. The standard InChI is InChI=1S/C25H30N4O2/c1-17-11-13-20(14-12-17)15-23-28-24(21(16-26)25(31)29-23)27-22(18(2)30)10-6-9-19-7-4-3-5-8-19/h3-5,7-8,11-14,16,18,22,26,30H,6,9-10,15H2,1-2H3,(H2,27,28,29,31). The fourth-order valence-corrected chi connectivity index (χ4v) is 3.54. The summed E-state index contributed by atoms with van der Waals surface area (Å²) in [7, 11) is 0. The van der Waals surface area contributed by atoms with E-state index in [1.54, 1.807) is 6.92 Å². The van der Waals surface area contributed by atoms with Crippen molar-refractivity contribution < 1.29 is 5.11 Å². The number of aliphatic hydroxyl groups is 1. The van der Waals surface area contributed by atoms with E-state index in [9.17, 15) is 9.90 Å². The number of anilines is 1. The second kappa shape index (κ2) is 10.7. The van der Waals surface area contributed by atoms with Gasteiger partial charge in [-0.15, -0.1) is 0 Å². The van der Waals surface area contributed by atoms with Gasteiger partial charge in [0.05, 0.1) is 17.7 Å². The zero-order valence-electron chi connectivity index (χ0n) is 18.1. The number of H-pyrrole nitrogens is 1. The van der Waals surface area contributed by atoms with Crippen LogP contribution in [0.25, 0.3) is 0 Å². The van der Waals surface area contributed by atoms with E-state index < -0.39 is 6.10 Å². The highest BCUT2D eigenvalue weighted by atomic mass is 16.3. The van der Waals surface area contributed by atoms with Crippen LogP contribution in [0, 0.1) is 12.3 Å². The van der Waals surface area contributed by atoms with Crippen LogP contribution in [-0.4, -0.2) is 33.4 Å². The Balaban J connectivity index is 1.76. The minimum Gasteiger partial charge on any atom is -0.391 e. The van der Waals surface area contributed by atoms with Crippen molar-refractivity contribution >= 4 is 12.0 Å². The lowest BCUT2D eigenvalue weighted by Gasteiger charge is -2.23. The molecule has 1 heterocycles. The predicted molar refractivity (Wildman–Crippen MR) is 125 cm³/mol. The molecule has 162 valence electrons. The summed E-state index contributed by atoms with van der Waals surface area (Å²) in [6, 6.07) is 18.0. The molecular formula is C25H30N4O2. The molecule has 4 N–H and O–H groups in total. The third-order valence-corrected chi connectivity index (χ3v) is 5.37. The second-order valence-corrected chi connectivity index (χ2v) is 7.95. The monoisotopic (exact) mass is 418 g/mol. The summed E-state index contributed by atoms with van der Waals surface area (Å²) in [6.45, 7) is 3.75. The minimum absolute atomic E-state index is 0.168. The van der Waals surface area contributed by atoms with Crippen molar-refractivity contribution in [2.24, 2.45) is 0 Å². The average Bonchev–Trinajstić information content (AvgIpc) is 2.75. The third-order valence-electron chi connectivity index (χ3n) is 5.37. The number of aryl methyl sites for hydroxylation is 2. The van der Waals surface area contributed by atoms with Crippen molar-refractivity contribution in [3.8, 4) is 0 Å². The molecule has 6 heteroatoms. The molecule has 0 aliphatic heterocycles. The maximum Gasteiger partial charge on any atom is 0.261 e. The molecule has 2 aromatic carbocycles. The van der Waals surface area contributed by atoms with Gasteiger partial charge in [0, 0.05) is 12.6 Å². The first-order valence-electron chi connectivity index (χ1n) is 10.6. The summed E-state index contributed by atoms with van der Waals surface area (Å²) in [5.41, 5.74) is 3.27. The lowest BCUT2D eigenvalue weighted by molar-refractivity contribution is 0.166. The van der Waals surface area contributed by atoms with Gasteiger partial charge in [-0.1, -0.05) is 60.2 Å². The molecule has 0 aliphatic carbocycles. The maximum atomic E-state index is 12.5. The average molecular weight is 419 g/mol. The van der Waals surface area contributed by atoms with E-state index in [1.165, 1.54) is 11.1 Å². The number of aliphatic hydroxyl groups excluding tert-OH is 1. The van der Waals surface area contributed by atoms with E-state index in [-0.39, 0.29) is 17.2 Å². The van der Waals surface area contributed by atoms with Gasteiger partial charge in [-0.2, -0.15) is 0 Å². The highest BCUT2D eigenvalue weighted by Crippen LogP contribution is 2.16. The van der Waals surface area contributed by atoms with Crippen LogP contribution in [0.15, 0.2) is 59.4 Å². The first-order valence-corrected chi connectivity index (χ1v) is 10.6. The minimum atomic E-state index is -0.629. The fourth-order valence-electron chi connectivity index (χ4n) is 3.54. The van der Waals surface area contributed by atoms with Crippen LogP contribution in [0.3, 0.4) is 0 Å². The summed E-state index contributed by atoms with van der Waals surface area (Å²) < 4.78 is 0. The Kier molecular flexibility index (Phi) is 7.73. The highest BCUT2D eigenvalue weighted by Gasteiger charge is 2.19. The van der Waals surface area contributed by atoms with Gasteiger partial charge in [-0.3, -0.25) is 4.79 Å². The summed E-state index contributed by atoms with van der Waals surface area (Å²) in [4.78, 5) is 19.9. The SMILES string of the molecule is Cc1ccc(Cc2nc(NC(CCCc3ccccc3)C(C)O)c(C=N)c(=O)[nH]2)cc1. The van der Waals surface area contributed by atoms with Gasteiger partial charge in [0.1, 0.15) is 11.6 Å². The van der Waals surface area contributed by atoms with Crippen molar-refractivity contribution in [3.63, 3.8) is 0 Å². The van der Waals surface area contributed by atoms with Crippen LogP contribution >= 0.6 is 0 Å². The van der Waals surface area contributed by atoms with Crippen LogP contribution in [-0.2, 0) is 12.8 Å². The molecule has 0 saturated carbocycles. The van der Waals surface area contributed by atoms with E-state index in [1.807, 2.05) is 49.4 Å². The Bertz CT molecular complexity index is 1040. The third kappa shape index (κ3) is 6.36. The summed E-state index contributed by atoms with van der Waals surface area (Å²) >= 11 is 0. The van der Waals surface area contributed by atoms with Gasteiger partial charge in [0.15, 0.2) is 0 Å². The molecule has 0 radical (unpaired) electrons. The normalized spacial score (nSPS) is 12.9. The summed E-state index contributed by atoms with van der Waals surface area (Å²) in [6.07, 6.45) is 3.36. The molecule has 1 aromatic heterocycles. The van der Waals surface area contributed by atoms with Crippen LogP contribution in [0.5, 0.6) is 0 Å². The smallest absolute Gasteiger partial charge is 0.261 e. The number of aromatic amines is 1. The largest absolute Gasteiger partial charge is 0.391 e. The Labute approximate surface area is 182 Å². The van der Waals surface area contributed by atoms with E-state index in [0.717, 1.165) is 24.6 Å². The topological polar surface area (TPSA) is 102 Å². The second-order valence-electron chi connectivity index (χ2n) is 7.95. The van der Waals surface area contributed by atoms with Gasteiger partial charge >= 0.3 is 0 Å². The van der Waals surface area contributed by atoms with E-state index in [2.05, 4.69) is 27.4 Å². The Morgan fingerprint density at radius 2 is 1.84 bits per heavy atom. The summed E-state index contributed by atoms with van der Waals surface area (Å²) in [5.74, 6) is 0.863. The van der Waals surface area contributed by atoms with Gasteiger partial charge < -0.3 is 20.8 Å². The lowest BCUT2D eigenvalue weighted by atomic mass is 10.0. The van der Waals surface area contributed by atoms with Gasteiger partial charge in [-0.25, -0.2) is 4.98 Å². The number of rotatable bonds is 10.